The average molecular weight is 1150 g/mol. The Hall–Kier alpha value is -3.53. The number of thiol groups is 1. The molecule has 9 rings (SSSR count). The quantitative estimate of drug-likeness (QED) is 0.0389. The van der Waals surface area contributed by atoms with Gasteiger partial charge in [0, 0.05) is 39.2 Å². The van der Waals surface area contributed by atoms with Crippen LogP contribution in [0.1, 0.15) is 188 Å². The highest BCUT2D eigenvalue weighted by molar-refractivity contribution is 7.80. The zero-order chi connectivity index (χ0) is 58.7. The van der Waals surface area contributed by atoms with E-state index in [-0.39, 0.29) is 47.9 Å². The Balaban J connectivity index is 0.657. The molecule has 452 valence electrons. The highest BCUT2D eigenvalue weighted by Gasteiger charge is 2.63. The summed E-state index contributed by atoms with van der Waals surface area (Å²) in [7, 11) is 2.14. The van der Waals surface area contributed by atoms with Crippen molar-refractivity contribution in [3.63, 3.8) is 0 Å². The van der Waals surface area contributed by atoms with Gasteiger partial charge in [-0.3, -0.25) is 19.2 Å². The Morgan fingerprint density at radius 1 is 0.671 bits per heavy atom. The zero-order valence-electron chi connectivity index (χ0n) is 51.4. The van der Waals surface area contributed by atoms with E-state index in [2.05, 4.69) is 83.2 Å². The fourth-order valence-corrected chi connectivity index (χ4v) is 20.6. The highest BCUT2D eigenvalue weighted by Crippen LogP contribution is 2.70. The van der Waals surface area contributed by atoms with Gasteiger partial charge in [-0.2, -0.15) is 12.6 Å². The second-order valence-corrected chi connectivity index (χ2v) is 29.5. The number of nitrogens with zero attached hydrogens (tertiary/aromatic N) is 2. The van der Waals surface area contributed by atoms with Crippen LogP contribution in [0.25, 0.3) is 0 Å². The maximum Gasteiger partial charge on any atom is 0.488 e. The highest BCUT2D eigenvalue weighted by atomic mass is 32.1. The van der Waals surface area contributed by atoms with Crippen molar-refractivity contribution in [1.29, 1.82) is 0 Å². The van der Waals surface area contributed by atoms with Gasteiger partial charge in [0.05, 0.1) is 19.6 Å². The number of amides is 2. The second-order valence-electron chi connectivity index (χ2n) is 29.1. The number of hydrogen-bond donors (Lipinski definition) is 5. The van der Waals surface area contributed by atoms with Crippen LogP contribution in [-0.2, 0) is 35.2 Å². The molecule has 2 amide bonds. The maximum absolute atomic E-state index is 13.4. The summed E-state index contributed by atoms with van der Waals surface area (Å²) in [6.45, 7) is 16.2. The van der Waals surface area contributed by atoms with E-state index in [1.165, 1.54) is 77.0 Å². The van der Waals surface area contributed by atoms with Gasteiger partial charge in [0.25, 0.3) is 0 Å². The number of rotatable bonds is 19. The maximum atomic E-state index is 13.4. The lowest BCUT2D eigenvalue weighted by molar-refractivity contribution is -0.163. The molecule has 0 bridgehead atoms. The molecule has 0 heterocycles. The third kappa shape index (κ3) is 13.1. The predicted molar refractivity (Wildman–Crippen MR) is 328 cm³/mol. The summed E-state index contributed by atoms with van der Waals surface area (Å²) < 4.78 is 12.0. The number of nitrogens with two attached hydrogens (primary N) is 1. The molecule has 1 aromatic carbocycles. The molecule has 0 spiro atoms. The number of benzene rings is 1. The van der Waals surface area contributed by atoms with Gasteiger partial charge in [-0.05, 0) is 244 Å². The van der Waals surface area contributed by atoms with Gasteiger partial charge in [0.2, 0.25) is 11.8 Å². The minimum Gasteiger partial charge on any atom is -0.461 e. The third-order valence-corrected chi connectivity index (χ3v) is 25.5. The fourth-order valence-electron chi connectivity index (χ4n) is 20.5. The number of ether oxygens (including phenoxy) is 2. The number of fused-ring (bicyclic) bond motifs is 10. The SMILES string of the molecule is C[C@H](CCC(=O)N(C)CC#CC#CCN(C)C(=O)CC[C@@H](C)[C@H]1CC[C@H]2[C@@H]3CC[C@@H]4C[C@H](OC(=O)C(N)CS)CC[C@]4(C)[C@H]3CC[C@]12C)[C@H]1CC[C@H]2[C@@H]3CC[C@@H]4C[C@H](OC(=O)CNCc5ccccc5B(O)O)CC[C@]4(C)[C@H]3CC[C@]12C. The van der Waals surface area contributed by atoms with Crippen LogP contribution in [0, 0.1) is 116 Å². The van der Waals surface area contributed by atoms with Crippen molar-refractivity contribution < 1.29 is 38.7 Å². The molecule has 1 aromatic rings. The molecule has 14 heteroatoms. The summed E-state index contributed by atoms with van der Waals surface area (Å²) in [5.41, 5.74) is 8.34. The van der Waals surface area contributed by atoms with Crippen LogP contribution in [0.4, 0.5) is 0 Å². The molecule has 0 aromatic heterocycles. The van der Waals surface area contributed by atoms with Crippen molar-refractivity contribution in [2.45, 2.75) is 208 Å². The first-order chi connectivity index (χ1) is 39.1. The molecule has 8 saturated carbocycles. The van der Waals surface area contributed by atoms with Crippen molar-refractivity contribution in [1.82, 2.24) is 15.1 Å². The summed E-state index contributed by atoms with van der Waals surface area (Å²) in [6, 6.07) is 6.48. The van der Waals surface area contributed by atoms with Crippen LogP contribution in [-0.4, -0.2) is 108 Å². The number of esters is 2. The van der Waals surface area contributed by atoms with Crippen molar-refractivity contribution >= 4 is 49.0 Å². The normalized spacial score (nSPS) is 37.2. The van der Waals surface area contributed by atoms with Gasteiger partial charge in [0.1, 0.15) is 18.2 Å². The minimum absolute atomic E-state index is 0.0203. The van der Waals surface area contributed by atoms with Crippen molar-refractivity contribution in [2.75, 3.05) is 39.5 Å². The first kappa shape index (κ1) is 63.0. The molecule has 82 heavy (non-hydrogen) atoms. The topological polar surface area (TPSA) is 172 Å². The molecule has 8 aliphatic carbocycles. The summed E-state index contributed by atoms with van der Waals surface area (Å²) in [4.78, 5) is 55.8. The number of nitrogens with one attached hydrogen (secondary N) is 1. The Morgan fingerprint density at radius 2 is 1.13 bits per heavy atom. The molecule has 0 radical (unpaired) electrons. The van der Waals surface area contributed by atoms with Crippen molar-refractivity contribution in [3.05, 3.63) is 29.8 Å². The van der Waals surface area contributed by atoms with Gasteiger partial charge in [-0.15, -0.1) is 0 Å². The largest absolute Gasteiger partial charge is 0.488 e. The molecule has 0 aliphatic heterocycles. The van der Waals surface area contributed by atoms with Gasteiger partial charge in [0.15, 0.2) is 0 Å². The third-order valence-electron chi connectivity index (χ3n) is 25.1. The molecule has 5 N–H and O–H groups in total. The molecule has 8 aliphatic rings. The summed E-state index contributed by atoms with van der Waals surface area (Å²) in [5.74, 6) is 19.9. The van der Waals surface area contributed by atoms with Crippen LogP contribution in [0.5, 0.6) is 0 Å². The Kier molecular flexibility index (Phi) is 20.4. The lowest BCUT2D eigenvalue weighted by Crippen LogP contribution is -2.54. The van der Waals surface area contributed by atoms with E-state index in [0.717, 1.165) is 86.5 Å². The van der Waals surface area contributed by atoms with E-state index in [9.17, 15) is 29.2 Å². The summed E-state index contributed by atoms with van der Waals surface area (Å²) >= 11 is 4.20. The van der Waals surface area contributed by atoms with Crippen molar-refractivity contribution in [3.8, 4) is 23.7 Å². The number of carbonyl (C=O) groups is 4. The van der Waals surface area contributed by atoms with Crippen LogP contribution < -0.4 is 16.5 Å². The summed E-state index contributed by atoms with van der Waals surface area (Å²) in [6.07, 6.45) is 23.9. The Bertz CT molecular complexity index is 2560. The van der Waals surface area contributed by atoms with Crippen LogP contribution in [0.2, 0.25) is 0 Å². The second kappa shape index (κ2) is 26.6. The van der Waals surface area contributed by atoms with E-state index >= 15 is 0 Å². The lowest BCUT2D eigenvalue weighted by Gasteiger charge is -2.61. The molecule has 12 nitrogen and oxygen atoms in total. The molecular weight excluding hydrogens is 1040 g/mol. The average Bonchev–Trinajstić information content (AvgIpc) is 4.20. The Morgan fingerprint density at radius 3 is 1.62 bits per heavy atom. The molecule has 8 fully saturated rings. The first-order valence-electron chi connectivity index (χ1n) is 32.5. The van der Waals surface area contributed by atoms with Crippen LogP contribution in [0.15, 0.2) is 24.3 Å². The number of hydrogen-bond acceptors (Lipinski definition) is 11. The van der Waals surface area contributed by atoms with E-state index in [1.54, 1.807) is 21.9 Å². The van der Waals surface area contributed by atoms with Crippen LogP contribution in [0.3, 0.4) is 0 Å². The lowest BCUT2D eigenvalue weighted by atomic mass is 9.44. The van der Waals surface area contributed by atoms with E-state index in [4.69, 9.17) is 15.2 Å². The number of carbonyl (C=O) groups excluding carboxylic acids is 4. The predicted octanol–water partition coefficient (Wildman–Crippen LogP) is 9.61. The van der Waals surface area contributed by atoms with E-state index < -0.39 is 13.2 Å². The van der Waals surface area contributed by atoms with Crippen LogP contribution >= 0.6 is 12.6 Å². The fraction of sp³-hybridized carbons (Fsp3) is 0.794. The molecule has 1 unspecified atom stereocenters. The van der Waals surface area contributed by atoms with E-state index in [0.29, 0.717) is 101 Å². The molecule has 0 saturated heterocycles. The summed E-state index contributed by atoms with van der Waals surface area (Å²) in [5, 5.41) is 22.6. The van der Waals surface area contributed by atoms with E-state index in [1.807, 2.05) is 26.2 Å². The zero-order valence-corrected chi connectivity index (χ0v) is 52.3. The smallest absolute Gasteiger partial charge is 0.461 e. The van der Waals surface area contributed by atoms with Gasteiger partial charge < -0.3 is 40.4 Å². The first-order valence-corrected chi connectivity index (χ1v) is 33.1. The van der Waals surface area contributed by atoms with Crippen molar-refractivity contribution in [2.24, 2.45) is 98.4 Å². The Labute approximate surface area is 499 Å². The molecular formula is C68H103BN4O8S. The molecule has 19 atom stereocenters. The monoisotopic (exact) mass is 1150 g/mol. The van der Waals surface area contributed by atoms with Gasteiger partial charge >= 0.3 is 19.1 Å². The van der Waals surface area contributed by atoms with Gasteiger partial charge in [-0.1, -0.05) is 77.6 Å². The standard InChI is InChI=1S/C68H103BN4O8S/c1-44(53-23-25-55-51-21-19-47-39-49(29-33-65(47,3)57(51)31-35-67(53,55)5)80-63(76)42-71-41-46-15-11-12-16-59(46)69(78)79)17-27-61(74)72(7)37-13-9-10-14-38-73(8)62(75)28-18-45(2)54-24-26-56-52-22-20-48-40-50(81-64(77)60(70)43-82)30-34-66(48,4)58(52)32-36-68(54,56)6/h11-12,15-16,44-45,47-58,60,71,78-79,82H,17-43,70H2,1-8H3/t44-,45-,47-,48-,49-,50-,51+,52+,53-,54-,55+,56+,57+,58+,60?,65+,66+,67-,68-/m1/s1. The minimum atomic E-state index is -1.55. The van der Waals surface area contributed by atoms with Gasteiger partial charge in [-0.25, -0.2) is 0 Å².